The highest BCUT2D eigenvalue weighted by Crippen LogP contribution is 2.24. The topological polar surface area (TPSA) is 72.2 Å². The second kappa shape index (κ2) is 5.75. The zero-order valence-electron chi connectivity index (χ0n) is 10.7. The number of aromatic nitrogens is 2. The summed E-state index contributed by atoms with van der Waals surface area (Å²) in [6.45, 7) is 4.37. The molecule has 2 aromatic heterocycles. The molecule has 0 unspecified atom stereocenters. The van der Waals surface area contributed by atoms with Crippen molar-refractivity contribution in [2.24, 2.45) is 0 Å². The van der Waals surface area contributed by atoms with Crippen LogP contribution in [0.5, 0.6) is 0 Å². The first-order valence-electron chi connectivity index (χ1n) is 5.94. The van der Waals surface area contributed by atoms with Crippen LogP contribution in [-0.4, -0.2) is 26.4 Å². The Morgan fingerprint density at radius 3 is 2.84 bits per heavy atom. The molecule has 1 N–H and O–H groups in total. The van der Waals surface area contributed by atoms with E-state index in [1.807, 2.05) is 19.9 Å². The maximum absolute atomic E-state index is 12.3. The van der Waals surface area contributed by atoms with Gasteiger partial charge in [-0.05, 0) is 19.4 Å². The average molecular weight is 298 g/mol. The number of rotatable bonds is 5. The highest BCUT2D eigenvalue weighted by Gasteiger charge is 2.14. The molecule has 0 aliphatic rings. The summed E-state index contributed by atoms with van der Waals surface area (Å²) in [5.41, 5.74) is -0.0867. The first kappa shape index (κ1) is 14.1. The van der Waals surface area contributed by atoms with Crippen molar-refractivity contribution < 1.29 is 9.90 Å². The lowest BCUT2D eigenvalue weighted by atomic mass is 10.3. The van der Waals surface area contributed by atoms with E-state index in [1.165, 1.54) is 15.9 Å². The van der Waals surface area contributed by atoms with Gasteiger partial charge in [-0.2, -0.15) is 0 Å². The number of hydrogen-bond acceptors (Lipinski definition) is 5. The van der Waals surface area contributed by atoms with Crippen molar-refractivity contribution in [1.82, 2.24) is 9.55 Å². The molecule has 0 spiro atoms. The Morgan fingerprint density at radius 1 is 1.53 bits per heavy atom. The molecule has 5 nitrogen and oxygen atoms in total. The van der Waals surface area contributed by atoms with Crippen LogP contribution in [0, 0.1) is 0 Å². The van der Waals surface area contributed by atoms with Crippen molar-refractivity contribution in [2.75, 3.05) is 5.75 Å². The standard InChI is InChI=1S/C12H14N2O3S2/c1-3-7-5-8-10(19-7)13-12(18-6-9(15)16)14(4-2)11(8)17/h5H,3-4,6H2,1-2H3,(H,15,16). The Balaban J connectivity index is 2.56. The molecule has 0 bridgehead atoms. The first-order valence-corrected chi connectivity index (χ1v) is 7.74. The number of carboxylic acids is 1. The number of aliphatic carboxylic acids is 1. The molecule has 0 radical (unpaired) electrons. The molecule has 2 rings (SSSR count). The van der Waals surface area contributed by atoms with Gasteiger partial charge in [0, 0.05) is 11.4 Å². The number of thioether (sulfide) groups is 1. The zero-order chi connectivity index (χ0) is 14.0. The van der Waals surface area contributed by atoms with Gasteiger partial charge in [0.25, 0.3) is 5.56 Å². The van der Waals surface area contributed by atoms with Crippen molar-refractivity contribution in [1.29, 1.82) is 0 Å². The van der Waals surface area contributed by atoms with E-state index in [0.717, 1.165) is 23.1 Å². The largest absolute Gasteiger partial charge is 0.481 e. The van der Waals surface area contributed by atoms with Crippen molar-refractivity contribution in [3.05, 3.63) is 21.3 Å². The van der Waals surface area contributed by atoms with Gasteiger partial charge < -0.3 is 5.11 Å². The fraction of sp³-hybridized carbons (Fsp3) is 0.417. The summed E-state index contributed by atoms with van der Waals surface area (Å²) in [5, 5.41) is 9.84. The van der Waals surface area contributed by atoms with Gasteiger partial charge >= 0.3 is 5.97 Å². The molecule has 0 amide bonds. The Hall–Kier alpha value is -1.34. The minimum atomic E-state index is -0.914. The summed E-state index contributed by atoms with van der Waals surface area (Å²) in [6.07, 6.45) is 0.865. The van der Waals surface area contributed by atoms with Crippen molar-refractivity contribution >= 4 is 39.3 Å². The number of aryl methyl sites for hydroxylation is 1. The minimum absolute atomic E-state index is 0.0867. The second-order valence-electron chi connectivity index (χ2n) is 3.91. The van der Waals surface area contributed by atoms with E-state index in [0.29, 0.717) is 21.9 Å². The fourth-order valence-electron chi connectivity index (χ4n) is 1.74. The Morgan fingerprint density at radius 2 is 2.26 bits per heavy atom. The average Bonchev–Trinajstić information content (AvgIpc) is 2.79. The number of carbonyl (C=O) groups is 1. The number of nitrogens with zero attached hydrogens (tertiary/aromatic N) is 2. The lowest BCUT2D eigenvalue weighted by molar-refractivity contribution is -0.133. The van der Waals surface area contributed by atoms with E-state index < -0.39 is 5.97 Å². The van der Waals surface area contributed by atoms with Gasteiger partial charge in [-0.15, -0.1) is 11.3 Å². The summed E-state index contributed by atoms with van der Waals surface area (Å²) in [7, 11) is 0. The third-order valence-corrected chi connectivity index (χ3v) is 4.79. The van der Waals surface area contributed by atoms with Crippen LogP contribution < -0.4 is 5.56 Å². The molecule has 19 heavy (non-hydrogen) atoms. The number of hydrogen-bond donors (Lipinski definition) is 1. The molecule has 0 aromatic carbocycles. The van der Waals surface area contributed by atoms with Gasteiger partial charge in [0.2, 0.25) is 0 Å². The molecule has 0 atom stereocenters. The number of carboxylic acid groups (broad SMARTS) is 1. The van der Waals surface area contributed by atoms with E-state index in [1.54, 1.807) is 0 Å². The molecule has 0 saturated carbocycles. The summed E-state index contributed by atoms with van der Waals surface area (Å²) >= 11 is 2.58. The van der Waals surface area contributed by atoms with Crippen molar-refractivity contribution in [3.8, 4) is 0 Å². The molecule has 0 aliphatic heterocycles. The van der Waals surface area contributed by atoms with E-state index in [2.05, 4.69) is 4.98 Å². The molecule has 0 aliphatic carbocycles. The van der Waals surface area contributed by atoms with Gasteiger partial charge in [0.05, 0.1) is 11.1 Å². The predicted molar refractivity (Wildman–Crippen MR) is 77.3 cm³/mol. The maximum atomic E-state index is 12.3. The van der Waals surface area contributed by atoms with Crippen LogP contribution >= 0.6 is 23.1 Å². The van der Waals surface area contributed by atoms with Gasteiger partial charge in [-0.1, -0.05) is 18.7 Å². The van der Waals surface area contributed by atoms with E-state index in [9.17, 15) is 9.59 Å². The zero-order valence-corrected chi connectivity index (χ0v) is 12.3. The maximum Gasteiger partial charge on any atom is 0.313 e. The van der Waals surface area contributed by atoms with Crippen LogP contribution in [0.1, 0.15) is 18.7 Å². The fourth-order valence-corrected chi connectivity index (χ4v) is 3.53. The van der Waals surface area contributed by atoms with Crippen LogP contribution in [0.25, 0.3) is 10.2 Å². The molecule has 102 valence electrons. The van der Waals surface area contributed by atoms with Gasteiger partial charge in [-0.3, -0.25) is 14.2 Å². The molecular weight excluding hydrogens is 284 g/mol. The first-order chi connectivity index (χ1) is 9.06. The van der Waals surface area contributed by atoms with E-state index in [4.69, 9.17) is 5.11 Å². The predicted octanol–water partition coefficient (Wildman–Crippen LogP) is 2.22. The van der Waals surface area contributed by atoms with Crippen LogP contribution in [0.3, 0.4) is 0 Å². The Labute approximate surface area is 118 Å². The molecule has 0 saturated heterocycles. The van der Waals surface area contributed by atoms with E-state index in [-0.39, 0.29) is 11.3 Å². The van der Waals surface area contributed by atoms with Gasteiger partial charge in [0.1, 0.15) is 4.83 Å². The Bertz CT molecular complexity index is 675. The van der Waals surface area contributed by atoms with E-state index >= 15 is 0 Å². The monoisotopic (exact) mass is 298 g/mol. The van der Waals surface area contributed by atoms with Crippen LogP contribution in [-0.2, 0) is 17.8 Å². The molecular formula is C12H14N2O3S2. The summed E-state index contributed by atoms with van der Waals surface area (Å²) < 4.78 is 1.53. The normalized spacial score (nSPS) is 11.1. The summed E-state index contributed by atoms with van der Waals surface area (Å²) in [6, 6.07) is 1.88. The molecule has 7 heteroatoms. The van der Waals surface area contributed by atoms with Crippen LogP contribution in [0.4, 0.5) is 0 Å². The van der Waals surface area contributed by atoms with Crippen LogP contribution in [0.15, 0.2) is 16.0 Å². The van der Waals surface area contributed by atoms with Crippen LogP contribution in [0.2, 0.25) is 0 Å². The SMILES string of the molecule is CCc1cc2c(=O)n(CC)c(SCC(=O)O)nc2s1. The second-order valence-corrected chi connectivity index (χ2v) is 5.97. The lowest BCUT2D eigenvalue weighted by Crippen LogP contribution is -2.22. The third kappa shape index (κ3) is 2.82. The molecule has 2 aromatic rings. The highest BCUT2D eigenvalue weighted by atomic mass is 32.2. The Kier molecular flexibility index (Phi) is 4.26. The summed E-state index contributed by atoms with van der Waals surface area (Å²) in [5.74, 6) is -1.01. The smallest absolute Gasteiger partial charge is 0.313 e. The van der Waals surface area contributed by atoms with Gasteiger partial charge in [-0.25, -0.2) is 4.98 Å². The van der Waals surface area contributed by atoms with Crippen molar-refractivity contribution in [2.45, 2.75) is 32.0 Å². The third-order valence-electron chi connectivity index (χ3n) is 2.66. The van der Waals surface area contributed by atoms with Crippen molar-refractivity contribution in [3.63, 3.8) is 0 Å². The molecule has 2 heterocycles. The summed E-state index contributed by atoms with van der Waals surface area (Å²) in [4.78, 5) is 29.2. The minimum Gasteiger partial charge on any atom is -0.481 e. The molecule has 0 fully saturated rings. The quantitative estimate of drug-likeness (QED) is 0.677. The van der Waals surface area contributed by atoms with Gasteiger partial charge in [0.15, 0.2) is 5.16 Å². The highest BCUT2D eigenvalue weighted by molar-refractivity contribution is 7.99. The lowest BCUT2D eigenvalue weighted by Gasteiger charge is -2.08. The number of fused-ring (bicyclic) bond motifs is 1. The number of thiophene rings is 1.